The summed E-state index contributed by atoms with van der Waals surface area (Å²) in [6, 6.07) is 10.1. The molecule has 1 unspecified atom stereocenters. The number of aromatic nitrogens is 2. The molecule has 0 bridgehead atoms. The summed E-state index contributed by atoms with van der Waals surface area (Å²) in [5.74, 6) is 2.37. The van der Waals surface area contributed by atoms with Crippen LogP contribution in [0, 0.1) is 18.8 Å². The SMILES string of the molecule is Cc1ccc(Nc2ccnc(N3CCCC(C(=O)NCC4CC4)C3)n2)cc1. The van der Waals surface area contributed by atoms with Crippen LogP contribution in [0.4, 0.5) is 17.5 Å². The van der Waals surface area contributed by atoms with Gasteiger partial charge in [0, 0.05) is 31.5 Å². The molecule has 0 radical (unpaired) electrons. The summed E-state index contributed by atoms with van der Waals surface area (Å²) in [4.78, 5) is 23.7. The second kappa shape index (κ2) is 7.94. The molecule has 1 saturated carbocycles. The molecule has 1 aromatic carbocycles. The summed E-state index contributed by atoms with van der Waals surface area (Å²) in [6.07, 6.45) is 6.21. The highest BCUT2D eigenvalue weighted by atomic mass is 16.1. The van der Waals surface area contributed by atoms with Crippen molar-refractivity contribution in [3.63, 3.8) is 0 Å². The Morgan fingerprint density at radius 1 is 1.19 bits per heavy atom. The molecule has 2 aromatic rings. The Morgan fingerprint density at radius 3 is 2.78 bits per heavy atom. The number of nitrogens with zero attached hydrogens (tertiary/aromatic N) is 3. The third-order valence-electron chi connectivity index (χ3n) is 5.30. The van der Waals surface area contributed by atoms with Gasteiger partial charge < -0.3 is 15.5 Å². The van der Waals surface area contributed by atoms with E-state index in [1.54, 1.807) is 6.20 Å². The number of carbonyl (C=O) groups excluding carboxylic acids is 1. The van der Waals surface area contributed by atoms with Crippen LogP contribution in [-0.2, 0) is 4.79 Å². The lowest BCUT2D eigenvalue weighted by Gasteiger charge is -2.32. The lowest BCUT2D eigenvalue weighted by Crippen LogP contribution is -2.44. The number of carbonyl (C=O) groups is 1. The predicted molar refractivity (Wildman–Crippen MR) is 107 cm³/mol. The summed E-state index contributed by atoms with van der Waals surface area (Å²) in [5, 5.41) is 6.44. The molecule has 1 aromatic heterocycles. The average molecular weight is 365 g/mol. The molecule has 2 fully saturated rings. The van der Waals surface area contributed by atoms with Crippen LogP contribution >= 0.6 is 0 Å². The number of rotatable bonds is 6. The van der Waals surface area contributed by atoms with Crippen molar-refractivity contribution in [1.29, 1.82) is 0 Å². The molecule has 6 heteroatoms. The van der Waals surface area contributed by atoms with E-state index >= 15 is 0 Å². The summed E-state index contributed by atoms with van der Waals surface area (Å²) in [7, 11) is 0. The van der Waals surface area contributed by atoms with E-state index in [9.17, 15) is 4.79 Å². The maximum Gasteiger partial charge on any atom is 0.227 e. The molecule has 142 valence electrons. The number of anilines is 3. The predicted octanol–water partition coefficient (Wildman–Crippen LogP) is 3.27. The van der Waals surface area contributed by atoms with E-state index < -0.39 is 0 Å². The number of benzene rings is 1. The van der Waals surface area contributed by atoms with Gasteiger partial charge in [0.25, 0.3) is 0 Å². The summed E-state index contributed by atoms with van der Waals surface area (Å²) in [6.45, 7) is 4.48. The van der Waals surface area contributed by atoms with Gasteiger partial charge in [0.1, 0.15) is 5.82 Å². The second-order valence-corrected chi connectivity index (χ2v) is 7.71. The molecule has 2 N–H and O–H groups in total. The smallest absolute Gasteiger partial charge is 0.227 e. The van der Waals surface area contributed by atoms with Gasteiger partial charge in [0.2, 0.25) is 11.9 Å². The van der Waals surface area contributed by atoms with E-state index in [4.69, 9.17) is 0 Å². The minimum atomic E-state index is 0.0230. The number of piperidine rings is 1. The van der Waals surface area contributed by atoms with Crippen molar-refractivity contribution in [1.82, 2.24) is 15.3 Å². The number of amides is 1. The molecular weight excluding hydrogens is 338 g/mol. The van der Waals surface area contributed by atoms with Crippen LogP contribution in [0.5, 0.6) is 0 Å². The Hall–Kier alpha value is -2.63. The van der Waals surface area contributed by atoms with E-state index in [2.05, 4.69) is 44.6 Å². The first kappa shape index (κ1) is 17.8. The van der Waals surface area contributed by atoms with Gasteiger partial charge in [-0.25, -0.2) is 4.98 Å². The first-order valence-corrected chi connectivity index (χ1v) is 9.87. The van der Waals surface area contributed by atoms with Crippen molar-refractivity contribution in [2.45, 2.75) is 32.6 Å². The van der Waals surface area contributed by atoms with Crippen molar-refractivity contribution < 1.29 is 4.79 Å². The summed E-state index contributed by atoms with van der Waals surface area (Å²) in [5.41, 5.74) is 2.23. The van der Waals surface area contributed by atoms with Crippen molar-refractivity contribution in [3.05, 3.63) is 42.1 Å². The summed E-state index contributed by atoms with van der Waals surface area (Å²) >= 11 is 0. The molecule has 1 aliphatic heterocycles. The molecule has 1 atom stereocenters. The minimum absolute atomic E-state index is 0.0230. The number of nitrogens with one attached hydrogen (secondary N) is 2. The second-order valence-electron chi connectivity index (χ2n) is 7.71. The van der Waals surface area contributed by atoms with Gasteiger partial charge in [-0.05, 0) is 56.7 Å². The third-order valence-corrected chi connectivity index (χ3v) is 5.30. The molecule has 1 amide bonds. The minimum Gasteiger partial charge on any atom is -0.356 e. The monoisotopic (exact) mass is 365 g/mol. The zero-order valence-electron chi connectivity index (χ0n) is 15.8. The standard InChI is InChI=1S/C21H27N5O/c1-15-4-8-18(9-5-15)24-19-10-11-22-21(25-19)26-12-2-3-17(14-26)20(27)23-13-16-6-7-16/h4-5,8-11,16-17H,2-3,6-7,12-14H2,1H3,(H,23,27)(H,22,24,25). The van der Waals surface area contributed by atoms with Crippen molar-refractivity contribution in [3.8, 4) is 0 Å². The van der Waals surface area contributed by atoms with Crippen molar-refractivity contribution >= 4 is 23.4 Å². The Bertz CT molecular complexity index is 787. The molecule has 6 nitrogen and oxygen atoms in total. The highest BCUT2D eigenvalue weighted by molar-refractivity contribution is 5.79. The van der Waals surface area contributed by atoms with Crippen LogP contribution in [-0.4, -0.2) is 35.5 Å². The maximum absolute atomic E-state index is 12.5. The largest absolute Gasteiger partial charge is 0.356 e. The van der Waals surface area contributed by atoms with Crippen LogP contribution < -0.4 is 15.5 Å². The topological polar surface area (TPSA) is 70.2 Å². The lowest BCUT2D eigenvalue weighted by atomic mass is 9.97. The Labute approximate surface area is 160 Å². The first-order chi connectivity index (χ1) is 13.2. The zero-order valence-corrected chi connectivity index (χ0v) is 15.8. The van der Waals surface area contributed by atoms with Crippen LogP contribution in [0.2, 0.25) is 0 Å². The molecule has 1 saturated heterocycles. The Morgan fingerprint density at radius 2 is 2.00 bits per heavy atom. The fourth-order valence-electron chi connectivity index (χ4n) is 3.44. The Balaban J connectivity index is 1.39. The highest BCUT2D eigenvalue weighted by Gasteiger charge is 2.29. The molecule has 2 aliphatic rings. The van der Waals surface area contributed by atoms with E-state index in [1.807, 2.05) is 18.2 Å². The fourth-order valence-corrected chi connectivity index (χ4v) is 3.44. The van der Waals surface area contributed by atoms with Crippen LogP contribution in [0.25, 0.3) is 0 Å². The normalized spacial score (nSPS) is 19.6. The quantitative estimate of drug-likeness (QED) is 0.822. The maximum atomic E-state index is 12.5. The van der Waals surface area contributed by atoms with Crippen molar-refractivity contribution in [2.75, 3.05) is 29.9 Å². The van der Waals surface area contributed by atoms with Gasteiger partial charge in [-0.15, -0.1) is 0 Å². The van der Waals surface area contributed by atoms with E-state index in [1.165, 1.54) is 18.4 Å². The zero-order chi connectivity index (χ0) is 18.6. The van der Waals surface area contributed by atoms with Gasteiger partial charge >= 0.3 is 0 Å². The van der Waals surface area contributed by atoms with Gasteiger partial charge in [0.15, 0.2) is 0 Å². The van der Waals surface area contributed by atoms with Crippen LogP contribution in [0.3, 0.4) is 0 Å². The molecule has 2 heterocycles. The Kier molecular flexibility index (Phi) is 5.23. The number of aryl methyl sites for hydroxylation is 1. The van der Waals surface area contributed by atoms with Crippen LogP contribution in [0.15, 0.2) is 36.5 Å². The average Bonchev–Trinajstić information content (AvgIpc) is 3.53. The molecule has 4 rings (SSSR count). The summed E-state index contributed by atoms with van der Waals surface area (Å²) < 4.78 is 0. The van der Waals surface area contributed by atoms with Gasteiger partial charge in [0.05, 0.1) is 5.92 Å². The fraction of sp³-hybridized carbons (Fsp3) is 0.476. The lowest BCUT2D eigenvalue weighted by molar-refractivity contribution is -0.125. The van der Waals surface area contributed by atoms with Gasteiger partial charge in [-0.2, -0.15) is 4.98 Å². The molecular formula is C21H27N5O. The van der Waals surface area contributed by atoms with E-state index in [0.717, 1.165) is 37.4 Å². The number of hydrogen-bond donors (Lipinski definition) is 2. The highest BCUT2D eigenvalue weighted by Crippen LogP contribution is 2.28. The van der Waals surface area contributed by atoms with Gasteiger partial charge in [-0.3, -0.25) is 4.79 Å². The van der Waals surface area contributed by atoms with E-state index in [-0.39, 0.29) is 11.8 Å². The molecule has 0 spiro atoms. The van der Waals surface area contributed by atoms with Gasteiger partial charge in [-0.1, -0.05) is 17.7 Å². The first-order valence-electron chi connectivity index (χ1n) is 9.87. The third kappa shape index (κ3) is 4.76. The van der Waals surface area contributed by atoms with E-state index in [0.29, 0.717) is 18.4 Å². The molecule has 27 heavy (non-hydrogen) atoms. The van der Waals surface area contributed by atoms with Crippen molar-refractivity contribution in [2.24, 2.45) is 11.8 Å². The number of hydrogen-bond acceptors (Lipinski definition) is 5. The molecule has 1 aliphatic carbocycles. The van der Waals surface area contributed by atoms with Crippen LogP contribution in [0.1, 0.15) is 31.2 Å².